The Hall–Kier alpha value is -1.84. The second kappa shape index (κ2) is 4.41. The van der Waals surface area contributed by atoms with E-state index in [1.165, 1.54) is 18.2 Å². The van der Waals surface area contributed by atoms with Crippen LogP contribution in [0.15, 0.2) is 30.4 Å². The Bertz CT molecular complexity index is 374. The van der Waals surface area contributed by atoms with Crippen molar-refractivity contribution in [3.63, 3.8) is 0 Å². The molecule has 1 aromatic carbocycles. The van der Waals surface area contributed by atoms with E-state index in [0.29, 0.717) is 5.69 Å². The third kappa shape index (κ3) is 2.58. The highest BCUT2D eigenvalue weighted by Crippen LogP contribution is 2.18. The molecule has 0 unspecified atom stereocenters. The molecule has 0 saturated heterocycles. The van der Waals surface area contributed by atoms with Crippen molar-refractivity contribution in [1.29, 1.82) is 0 Å². The molecule has 14 heavy (non-hydrogen) atoms. The zero-order valence-corrected chi connectivity index (χ0v) is 7.75. The first-order valence-electron chi connectivity index (χ1n) is 4.12. The van der Waals surface area contributed by atoms with Crippen LogP contribution in [-0.4, -0.2) is 5.91 Å². The Morgan fingerprint density at radius 1 is 1.57 bits per heavy atom. The third-order valence-electron chi connectivity index (χ3n) is 1.59. The molecule has 0 aliphatic heterocycles. The molecule has 74 valence electrons. The van der Waals surface area contributed by atoms with Crippen LogP contribution in [0.3, 0.4) is 0 Å². The molecule has 1 aromatic rings. The number of halogens is 1. The summed E-state index contributed by atoms with van der Waals surface area (Å²) >= 11 is 0. The number of anilines is 2. The van der Waals surface area contributed by atoms with Crippen LogP contribution in [0.4, 0.5) is 15.8 Å². The maximum Gasteiger partial charge on any atom is 0.248 e. The fourth-order valence-corrected chi connectivity index (χ4v) is 0.973. The van der Waals surface area contributed by atoms with Gasteiger partial charge in [-0.25, -0.2) is 4.39 Å². The summed E-state index contributed by atoms with van der Waals surface area (Å²) in [5.74, 6) is -0.711. The molecular formula is C10H11FN2O. The lowest BCUT2D eigenvalue weighted by Crippen LogP contribution is -2.09. The van der Waals surface area contributed by atoms with Crippen molar-refractivity contribution in [3.05, 3.63) is 36.2 Å². The number of amides is 1. The SMILES string of the molecule is C/C=C/C(=O)Nc1ccc(F)cc1N. The fourth-order valence-electron chi connectivity index (χ4n) is 0.973. The van der Waals surface area contributed by atoms with Gasteiger partial charge in [0, 0.05) is 0 Å². The summed E-state index contributed by atoms with van der Waals surface area (Å²) < 4.78 is 12.6. The van der Waals surface area contributed by atoms with E-state index in [4.69, 9.17) is 5.73 Å². The van der Waals surface area contributed by atoms with E-state index in [2.05, 4.69) is 5.32 Å². The second-order valence-electron chi connectivity index (χ2n) is 2.72. The molecule has 3 N–H and O–H groups in total. The van der Waals surface area contributed by atoms with Crippen molar-refractivity contribution < 1.29 is 9.18 Å². The van der Waals surface area contributed by atoms with Crippen molar-refractivity contribution in [1.82, 2.24) is 0 Å². The van der Waals surface area contributed by atoms with Gasteiger partial charge in [0.25, 0.3) is 0 Å². The van der Waals surface area contributed by atoms with Crippen LogP contribution in [0.25, 0.3) is 0 Å². The standard InChI is InChI=1S/C10H11FN2O/c1-2-3-10(14)13-9-5-4-7(11)6-8(9)12/h2-6H,12H2,1H3,(H,13,14)/b3-2+. The average molecular weight is 194 g/mol. The number of carbonyl (C=O) groups excluding carboxylic acids is 1. The van der Waals surface area contributed by atoms with Gasteiger partial charge < -0.3 is 11.1 Å². The van der Waals surface area contributed by atoms with Gasteiger partial charge in [-0.05, 0) is 31.2 Å². The number of nitrogens with two attached hydrogens (primary N) is 1. The molecule has 1 rings (SSSR count). The van der Waals surface area contributed by atoms with Gasteiger partial charge in [-0.15, -0.1) is 0 Å². The lowest BCUT2D eigenvalue weighted by atomic mass is 10.2. The summed E-state index contributed by atoms with van der Waals surface area (Å²) in [7, 11) is 0. The van der Waals surface area contributed by atoms with Gasteiger partial charge in [0.15, 0.2) is 0 Å². The topological polar surface area (TPSA) is 55.1 Å². The van der Waals surface area contributed by atoms with Crippen molar-refractivity contribution in [2.75, 3.05) is 11.1 Å². The zero-order chi connectivity index (χ0) is 10.6. The largest absolute Gasteiger partial charge is 0.397 e. The molecule has 4 heteroatoms. The Labute approximate surface area is 81.4 Å². The summed E-state index contributed by atoms with van der Waals surface area (Å²) in [6.45, 7) is 1.73. The highest BCUT2D eigenvalue weighted by Gasteiger charge is 2.02. The monoisotopic (exact) mass is 194 g/mol. The third-order valence-corrected chi connectivity index (χ3v) is 1.59. The average Bonchev–Trinajstić information content (AvgIpc) is 2.10. The molecule has 0 spiro atoms. The van der Waals surface area contributed by atoms with Gasteiger partial charge in [-0.3, -0.25) is 4.79 Å². The van der Waals surface area contributed by atoms with E-state index in [-0.39, 0.29) is 11.6 Å². The minimum Gasteiger partial charge on any atom is -0.397 e. The minimum absolute atomic E-state index is 0.211. The molecule has 0 atom stereocenters. The Morgan fingerprint density at radius 3 is 2.86 bits per heavy atom. The highest BCUT2D eigenvalue weighted by atomic mass is 19.1. The number of carbonyl (C=O) groups is 1. The summed E-state index contributed by atoms with van der Waals surface area (Å²) in [6.07, 6.45) is 2.97. The molecule has 0 saturated carbocycles. The summed E-state index contributed by atoms with van der Waals surface area (Å²) in [4.78, 5) is 11.1. The number of benzene rings is 1. The maximum atomic E-state index is 12.6. The molecular weight excluding hydrogens is 183 g/mol. The van der Waals surface area contributed by atoms with Gasteiger partial charge in [0.2, 0.25) is 5.91 Å². The lowest BCUT2D eigenvalue weighted by molar-refractivity contribution is -0.111. The lowest BCUT2D eigenvalue weighted by Gasteiger charge is -2.05. The van der Waals surface area contributed by atoms with E-state index in [1.54, 1.807) is 13.0 Å². The Balaban J connectivity index is 2.82. The molecule has 0 heterocycles. The van der Waals surface area contributed by atoms with Crippen LogP contribution in [0.2, 0.25) is 0 Å². The molecule has 0 aromatic heterocycles. The summed E-state index contributed by atoms with van der Waals surface area (Å²) in [5.41, 5.74) is 6.11. The van der Waals surface area contributed by atoms with Crippen molar-refractivity contribution >= 4 is 17.3 Å². The normalized spacial score (nSPS) is 10.4. The first-order valence-corrected chi connectivity index (χ1v) is 4.12. The predicted molar refractivity (Wildman–Crippen MR) is 54.3 cm³/mol. The number of allylic oxidation sites excluding steroid dienone is 1. The second-order valence-corrected chi connectivity index (χ2v) is 2.72. The number of nitrogen functional groups attached to an aromatic ring is 1. The number of hydrogen-bond donors (Lipinski definition) is 2. The molecule has 1 amide bonds. The summed E-state index contributed by atoms with van der Waals surface area (Å²) in [5, 5.41) is 2.52. The van der Waals surface area contributed by atoms with Crippen molar-refractivity contribution in [2.24, 2.45) is 0 Å². The van der Waals surface area contributed by atoms with Gasteiger partial charge >= 0.3 is 0 Å². The van der Waals surface area contributed by atoms with E-state index < -0.39 is 5.82 Å². The van der Waals surface area contributed by atoms with Crippen LogP contribution in [-0.2, 0) is 4.79 Å². The van der Waals surface area contributed by atoms with Gasteiger partial charge in [-0.2, -0.15) is 0 Å². The molecule has 3 nitrogen and oxygen atoms in total. The van der Waals surface area contributed by atoms with E-state index >= 15 is 0 Å². The zero-order valence-electron chi connectivity index (χ0n) is 7.75. The molecule has 0 aliphatic carbocycles. The number of rotatable bonds is 2. The quantitative estimate of drug-likeness (QED) is 0.558. The van der Waals surface area contributed by atoms with Crippen LogP contribution in [0.5, 0.6) is 0 Å². The van der Waals surface area contributed by atoms with E-state index in [0.717, 1.165) is 6.07 Å². The Morgan fingerprint density at radius 2 is 2.29 bits per heavy atom. The predicted octanol–water partition coefficient (Wildman–Crippen LogP) is 1.92. The number of hydrogen-bond acceptors (Lipinski definition) is 2. The van der Waals surface area contributed by atoms with Crippen LogP contribution in [0, 0.1) is 5.82 Å². The van der Waals surface area contributed by atoms with Gasteiger partial charge in [0.05, 0.1) is 11.4 Å². The first-order chi connectivity index (χ1) is 6.63. The molecule has 0 bridgehead atoms. The minimum atomic E-state index is -0.425. The highest BCUT2D eigenvalue weighted by molar-refractivity contribution is 6.01. The molecule has 0 radical (unpaired) electrons. The van der Waals surface area contributed by atoms with Crippen LogP contribution < -0.4 is 11.1 Å². The van der Waals surface area contributed by atoms with Gasteiger partial charge in [0.1, 0.15) is 5.82 Å². The van der Waals surface area contributed by atoms with Crippen molar-refractivity contribution in [2.45, 2.75) is 6.92 Å². The first kappa shape index (κ1) is 10.2. The van der Waals surface area contributed by atoms with E-state index in [9.17, 15) is 9.18 Å². The fraction of sp³-hybridized carbons (Fsp3) is 0.100. The molecule has 0 aliphatic rings. The van der Waals surface area contributed by atoms with Gasteiger partial charge in [-0.1, -0.05) is 6.08 Å². The van der Waals surface area contributed by atoms with Crippen LogP contribution >= 0.6 is 0 Å². The molecule has 0 fully saturated rings. The smallest absolute Gasteiger partial charge is 0.248 e. The van der Waals surface area contributed by atoms with Crippen LogP contribution in [0.1, 0.15) is 6.92 Å². The van der Waals surface area contributed by atoms with E-state index in [1.807, 2.05) is 0 Å². The summed E-state index contributed by atoms with van der Waals surface area (Å²) in [6, 6.07) is 3.82. The van der Waals surface area contributed by atoms with Crippen molar-refractivity contribution in [3.8, 4) is 0 Å². The number of nitrogens with one attached hydrogen (secondary N) is 1. The maximum absolute atomic E-state index is 12.6. The Kier molecular flexibility index (Phi) is 3.23.